The van der Waals surface area contributed by atoms with E-state index in [-0.39, 0.29) is 4.90 Å². The first-order chi connectivity index (χ1) is 14.5. The summed E-state index contributed by atoms with van der Waals surface area (Å²) in [7, 11) is -1.97. The topological polar surface area (TPSA) is 76.0 Å². The van der Waals surface area contributed by atoms with Crippen LogP contribution in [0, 0.1) is 0 Å². The standard InChI is InChI=1S/C22H19ClN4O2S/c1-24-19-13-9-16(10-14-19)21-15-22(17-7-11-18(23)12-8-17)27(25-21)26-30(28,29)20-5-3-2-4-6-20/h2-15,24,26H,1H3. The molecule has 0 atom stereocenters. The molecule has 0 amide bonds. The Labute approximate surface area is 180 Å². The van der Waals surface area contributed by atoms with Crippen molar-refractivity contribution in [3.8, 4) is 22.5 Å². The fourth-order valence-electron chi connectivity index (χ4n) is 2.99. The summed E-state index contributed by atoms with van der Waals surface area (Å²) in [6.07, 6.45) is 0. The van der Waals surface area contributed by atoms with Gasteiger partial charge in [0.2, 0.25) is 0 Å². The van der Waals surface area contributed by atoms with Crippen LogP contribution in [0.1, 0.15) is 0 Å². The van der Waals surface area contributed by atoms with Crippen molar-refractivity contribution in [2.75, 3.05) is 17.2 Å². The summed E-state index contributed by atoms with van der Waals surface area (Å²) < 4.78 is 25.7. The number of nitrogens with one attached hydrogen (secondary N) is 2. The lowest BCUT2D eigenvalue weighted by molar-refractivity contribution is 0.592. The van der Waals surface area contributed by atoms with Crippen LogP contribution in [0.4, 0.5) is 5.69 Å². The molecule has 2 N–H and O–H groups in total. The Balaban J connectivity index is 1.79. The molecular weight excluding hydrogens is 420 g/mol. The van der Waals surface area contributed by atoms with Crippen molar-refractivity contribution in [1.82, 2.24) is 9.89 Å². The van der Waals surface area contributed by atoms with E-state index in [4.69, 9.17) is 11.6 Å². The molecule has 0 unspecified atom stereocenters. The maximum Gasteiger partial charge on any atom is 0.276 e. The molecule has 0 spiro atoms. The van der Waals surface area contributed by atoms with E-state index in [9.17, 15) is 8.42 Å². The Hall–Kier alpha value is -3.29. The highest BCUT2D eigenvalue weighted by Gasteiger charge is 2.19. The molecule has 1 aromatic heterocycles. The summed E-state index contributed by atoms with van der Waals surface area (Å²) in [6.45, 7) is 0. The predicted octanol–water partition coefficient (Wildman–Crippen LogP) is 4.84. The number of hydrogen-bond donors (Lipinski definition) is 2. The van der Waals surface area contributed by atoms with E-state index in [2.05, 4.69) is 15.2 Å². The van der Waals surface area contributed by atoms with Crippen molar-refractivity contribution >= 4 is 27.3 Å². The van der Waals surface area contributed by atoms with Crippen LogP contribution in [0.2, 0.25) is 5.02 Å². The van der Waals surface area contributed by atoms with Gasteiger partial charge in [0.25, 0.3) is 10.0 Å². The Kier molecular flexibility index (Phi) is 5.48. The average Bonchev–Trinajstić information content (AvgIpc) is 3.18. The number of nitrogens with zero attached hydrogens (tertiary/aromatic N) is 2. The maximum absolute atomic E-state index is 12.9. The van der Waals surface area contributed by atoms with E-state index in [1.54, 1.807) is 30.3 Å². The number of rotatable bonds is 6. The Morgan fingerprint density at radius 1 is 0.867 bits per heavy atom. The van der Waals surface area contributed by atoms with Crippen molar-refractivity contribution in [2.24, 2.45) is 0 Å². The minimum absolute atomic E-state index is 0.155. The molecule has 4 rings (SSSR count). The molecule has 0 fully saturated rings. The number of benzene rings is 3. The lowest BCUT2D eigenvalue weighted by Gasteiger charge is -2.11. The van der Waals surface area contributed by atoms with Crippen LogP contribution in [0.25, 0.3) is 22.5 Å². The Morgan fingerprint density at radius 3 is 2.13 bits per heavy atom. The summed E-state index contributed by atoms with van der Waals surface area (Å²) in [5, 5.41) is 8.19. The van der Waals surface area contributed by atoms with Crippen LogP contribution >= 0.6 is 11.6 Å². The van der Waals surface area contributed by atoms with Crippen LogP contribution in [-0.2, 0) is 10.0 Å². The molecule has 0 aliphatic heterocycles. The average molecular weight is 439 g/mol. The molecule has 152 valence electrons. The highest BCUT2D eigenvalue weighted by atomic mass is 35.5. The molecule has 0 aliphatic carbocycles. The largest absolute Gasteiger partial charge is 0.388 e. The highest BCUT2D eigenvalue weighted by Crippen LogP contribution is 2.28. The molecule has 6 nitrogen and oxygen atoms in total. The third-order valence-corrected chi connectivity index (χ3v) is 6.14. The van der Waals surface area contributed by atoms with Gasteiger partial charge in [-0.15, -0.1) is 0 Å². The minimum Gasteiger partial charge on any atom is -0.388 e. The molecule has 8 heteroatoms. The van der Waals surface area contributed by atoms with Crippen LogP contribution in [0.15, 0.2) is 89.8 Å². The van der Waals surface area contributed by atoms with E-state index in [0.29, 0.717) is 16.4 Å². The first kappa shape index (κ1) is 20.0. The quantitative estimate of drug-likeness (QED) is 0.451. The molecule has 0 aliphatic rings. The molecule has 1 heterocycles. The lowest BCUT2D eigenvalue weighted by atomic mass is 10.1. The van der Waals surface area contributed by atoms with Gasteiger partial charge in [-0.25, -0.2) is 0 Å². The summed E-state index contributed by atoms with van der Waals surface area (Å²) in [5.74, 6) is 0. The number of hydrogen-bond acceptors (Lipinski definition) is 4. The monoisotopic (exact) mass is 438 g/mol. The number of aromatic nitrogens is 2. The Bertz CT molecular complexity index is 1250. The number of anilines is 1. The van der Waals surface area contributed by atoms with Crippen molar-refractivity contribution in [1.29, 1.82) is 0 Å². The van der Waals surface area contributed by atoms with E-state index < -0.39 is 10.0 Å². The van der Waals surface area contributed by atoms with Gasteiger partial charge in [-0.3, -0.25) is 0 Å². The smallest absolute Gasteiger partial charge is 0.276 e. The zero-order chi connectivity index (χ0) is 21.1. The van der Waals surface area contributed by atoms with Crippen LogP contribution < -0.4 is 10.1 Å². The summed E-state index contributed by atoms with van der Waals surface area (Å²) in [6, 6.07) is 24.9. The van der Waals surface area contributed by atoms with Crippen molar-refractivity contribution < 1.29 is 8.42 Å². The van der Waals surface area contributed by atoms with Crippen LogP contribution in [0.3, 0.4) is 0 Å². The van der Waals surface area contributed by atoms with Crippen molar-refractivity contribution in [3.05, 3.63) is 90.0 Å². The second-order valence-electron chi connectivity index (χ2n) is 6.57. The van der Waals surface area contributed by atoms with Crippen molar-refractivity contribution in [3.63, 3.8) is 0 Å². The number of sulfonamides is 1. The van der Waals surface area contributed by atoms with Crippen LogP contribution in [0.5, 0.6) is 0 Å². The fraction of sp³-hybridized carbons (Fsp3) is 0.0455. The second-order valence-corrected chi connectivity index (χ2v) is 8.67. The third-order valence-electron chi connectivity index (χ3n) is 4.58. The summed E-state index contributed by atoms with van der Waals surface area (Å²) in [5.41, 5.74) is 3.85. The SMILES string of the molecule is CNc1ccc(-c2cc(-c3ccc(Cl)cc3)n(NS(=O)(=O)c3ccccc3)n2)cc1. The van der Waals surface area contributed by atoms with E-state index in [1.807, 2.05) is 49.5 Å². The van der Waals surface area contributed by atoms with Gasteiger partial charge in [-0.05, 0) is 42.5 Å². The fourth-order valence-corrected chi connectivity index (χ4v) is 4.11. The van der Waals surface area contributed by atoms with Gasteiger partial charge in [-0.1, -0.05) is 54.1 Å². The zero-order valence-corrected chi connectivity index (χ0v) is 17.7. The zero-order valence-electron chi connectivity index (χ0n) is 16.1. The van der Waals surface area contributed by atoms with Gasteiger partial charge in [-0.2, -0.15) is 23.1 Å². The lowest BCUT2D eigenvalue weighted by Crippen LogP contribution is -2.25. The molecular formula is C22H19ClN4O2S. The van der Waals surface area contributed by atoms with E-state index in [1.165, 1.54) is 16.9 Å². The Morgan fingerprint density at radius 2 is 1.50 bits per heavy atom. The van der Waals surface area contributed by atoms with Gasteiger partial charge in [0.05, 0.1) is 16.3 Å². The summed E-state index contributed by atoms with van der Waals surface area (Å²) in [4.78, 5) is 4.00. The molecule has 3 aromatic carbocycles. The first-order valence-corrected chi connectivity index (χ1v) is 11.0. The maximum atomic E-state index is 12.9. The normalized spacial score (nSPS) is 11.3. The predicted molar refractivity (Wildman–Crippen MR) is 121 cm³/mol. The molecule has 4 aromatic rings. The van der Waals surface area contributed by atoms with E-state index >= 15 is 0 Å². The van der Waals surface area contributed by atoms with Crippen LogP contribution in [-0.4, -0.2) is 25.4 Å². The highest BCUT2D eigenvalue weighted by molar-refractivity contribution is 7.92. The second kappa shape index (κ2) is 8.22. The minimum atomic E-state index is -3.82. The molecule has 30 heavy (non-hydrogen) atoms. The molecule has 0 bridgehead atoms. The molecule has 0 radical (unpaired) electrons. The summed E-state index contributed by atoms with van der Waals surface area (Å²) >= 11 is 6.02. The van der Waals surface area contributed by atoms with Gasteiger partial charge >= 0.3 is 0 Å². The van der Waals surface area contributed by atoms with Gasteiger partial charge in [0.1, 0.15) is 0 Å². The third kappa shape index (κ3) is 4.17. The van der Waals surface area contributed by atoms with Crippen molar-refractivity contribution in [2.45, 2.75) is 4.90 Å². The molecule has 0 saturated heterocycles. The van der Waals surface area contributed by atoms with E-state index in [0.717, 1.165) is 16.8 Å². The number of halogens is 1. The molecule has 0 saturated carbocycles. The van der Waals surface area contributed by atoms with Gasteiger partial charge in [0.15, 0.2) is 0 Å². The first-order valence-electron chi connectivity index (χ1n) is 9.18. The van der Waals surface area contributed by atoms with Gasteiger partial charge < -0.3 is 5.32 Å². The van der Waals surface area contributed by atoms with Gasteiger partial charge in [0, 0.05) is 28.9 Å².